The lowest BCUT2D eigenvalue weighted by atomic mass is 10.0. The second-order valence-corrected chi connectivity index (χ2v) is 11.2. The number of primary amides is 1. The van der Waals surface area contributed by atoms with Crippen LogP contribution >= 0.6 is 0 Å². The van der Waals surface area contributed by atoms with E-state index in [9.17, 15) is 38.7 Å². The van der Waals surface area contributed by atoms with Gasteiger partial charge in [-0.1, -0.05) is 32.4 Å². The van der Waals surface area contributed by atoms with Crippen LogP contribution in [0.15, 0.2) is 24.3 Å². The van der Waals surface area contributed by atoms with Gasteiger partial charge in [0.2, 0.25) is 35.4 Å². The Labute approximate surface area is 262 Å². The van der Waals surface area contributed by atoms with Crippen LogP contribution in [0.3, 0.4) is 0 Å². The molecule has 8 N–H and O–H groups in total. The SMILES string of the molecule is CC(C)[C@H](NC(=O)CNC(=O)CCCCCN1C(=O)CCC1=O)C(=O)N[C@@H](CCCNC(N)=O)C(=O)Nc1ccc(CO)cc1. The average molecular weight is 632 g/mol. The monoisotopic (exact) mass is 631 g/mol. The topological polar surface area (TPSA) is 229 Å². The van der Waals surface area contributed by atoms with Gasteiger partial charge in [-0.2, -0.15) is 0 Å². The average Bonchev–Trinajstić information content (AvgIpc) is 3.32. The van der Waals surface area contributed by atoms with Gasteiger partial charge in [0.1, 0.15) is 12.1 Å². The molecule has 8 amide bonds. The first-order chi connectivity index (χ1) is 21.4. The Morgan fingerprint density at radius 2 is 1.53 bits per heavy atom. The van der Waals surface area contributed by atoms with Gasteiger partial charge in [-0.05, 0) is 49.3 Å². The second kappa shape index (κ2) is 19.0. The number of imide groups is 1. The highest BCUT2D eigenvalue weighted by Crippen LogP contribution is 2.14. The molecule has 1 aliphatic rings. The molecular formula is C30H45N7O8. The van der Waals surface area contributed by atoms with E-state index in [4.69, 9.17) is 5.73 Å². The number of carbonyl (C=O) groups excluding carboxylic acids is 7. The molecule has 1 fully saturated rings. The van der Waals surface area contributed by atoms with Crippen molar-refractivity contribution in [3.05, 3.63) is 29.8 Å². The smallest absolute Gasteiger partial charge is 0.312 e. The Kier molecular flexibility index (Phi) is 15.5. The molecule has 15 heteroatoms. The number of hydrogen-bond acceptors (Lipinski definition) is 8. The molecular weight excluding hydrogens is 586 g/mol. The lowest BCUT2D eigenvalue weighted by molar-refractivity contribution is -0.138. The number of nitrogens with one attached hydrogen (secondary N) is 5. The van der Waals surface area contributed by atoms with Gasteiger partial charge in [0.15, 0.2) is 0 Å². The summed E-state index contributed by atoms with van der Waals surface area (Å²) in [5, 5.41) is 22.2. The molecule has 0 unspecified atom stereocenters. The van der Waals surface area contributed by atoms with E-state index in [2.05, 4.69) is 26.6 Å². The van der Waals surface area contributed by atoms with E-state index in [1.165, 1.54) is 4.90 Å². The lowest BCUT2D eigenvalue weighted by Gasteiger charge is -2.25. The number of likely N-dealkylation sites (tertiary alicyclic amines) is 1. The third-order valence-electron chi connectivity index (χ3n) is 7.16. The zero-order chi connectivity index (χ0) is 33.4. The van der Waals surface area contributed by atoms with E-state index >= 15 is 0 Å². The van der Waals surface area contributed by atoms with Crippen molar-refractivity contribution < 1.29 is 38.7 Å². The molecule has 1 aliphatic heterocycles. The number of benzene rings is 1. The molecule has 0 aliphatic carbocycles. The van der Waals surface area contributed by atoms with E-state index in [-0.39, 0.29) is 69.0 Å². The van der Waals surface area contributed by atoms with Gasteiger partial charge < -0.3 is 37.4 Å². The minimum absolute atomic E-state index is 0.154. The zero-order valence-corrected chi connectivity index (χ0v) is 25.9. The van der Waals surface area contributed by atoms with Crippen LogP contribution in [0.25, 0.3) is 0 Å². The van der Waals surface area contributed by atoms with Crippen LogP contribution in [0.4, 0.5) is 10.5 Å². The summed E-state index contributed by atoms with van der Waals surface area (Å²) < 4.78 is 0. The highest BCUT2D eigenvalue weighted by molar-refractivity contribution is 6.02. The second-order valence-electron chi connectivity index (χ2n) is 11.2. The number of nitrogens with zero attached hydrogens (tertiary/aromatic N) is 1. The van der Waals surface area contributed by atoms with Crippen LogP contribution in [-0.2, 0) is 35.4 Å². The molecule has 248 valence electrons. The van der Waals surface area contributed by atoms with Crippen LogP contribution in [0, 0.1) is 5.92 Å². The maximum atomic E-state index is 13.2. The zero-order valence-electron chi connectivity index (χ0n) is 25.9. The Hall–Kier alpha value is -4.53. The molecule has 0 radical (unpaired) electrons. The maximum Gasteiger partial charge on any atom is 0.312 e. The van der Waals surface area contributed by atoms with Crippen molar-refractivity contribution in [1.82, 2.24) is 26.2 Å². The summed E-state index contributed by atoms with van der Waals surface area (Å²) in [6, 6.07) is 3.78. The molecule has 2 rings (SSSR count). The number of unbranched alkanes of at least 4 members (excludes halogenated alkanes) is 2. The fourth-order valence-corrected chi connectivity index (χ4v) is 4.60. The Morgan fingerprint density at radius 1 is 0.867 bits per heavy atom. The third kappa shape index (κ3) is 13.3. The van der Waals surface area contributed by atoms with E-state index in [0.29, 0.717) is 43.5 Å². The number of carbonyl (C=O) groups is 7. The number of rotatable bonds is 19. The molecule has 1 heterocycles. The van der Waals surface area contributed by atoms with E-state index in [1.54, 1.807) is 38.1 Å². The highest BCUT2D eigenvalue weighted by atomic mass is 16.3. The molecule has 0 aromatic heterocycles. The first kappa shape index (κ1) is 36.7. The van der Waals surface area contributed by atoms with Crippen molar-refractivity contribution in [3.63, 3.8) is 0 Å². The van der Waals surface area contributed by atoms with E-state index in [1.807, 2.05) is 0 Å². The van der Waals surface area contributed by atoms with Gasteiger partial charge in [0.05, 0.1) is 13.2 Å². The van der Waals surface area contributed by atoms with Gasteiger partial charge in [0, 0.05) is 38.0 Å². The predicted octanol–water partition coefficient (Wildman–Crippen LogP) is 0.0171. The van der Waals surface area contributed by atoms with Crippen LogP contribution in [0.1, 0.15) is 70.8 Å². The Balaban J connectivity index is 1.85. The van der Waals surface area contributed by atoms with Crippen molar-refractivity contribution in [2.24, 2.45) is 11.7 Å². The first-order valence-corrected chi connectivity index (χ1v) is 15.1. The number of aliphatic hydroxyl groups excluding tert-OH is 1. The summed E-state index contributed by atoms with van der Waals surface area (Å²) in [5.41, 5.74) is 6.21. The van der Waals surface area contributed by atoms with Gasteiger partial charge >= 0.3 is 6.03 Å². The molecule has 0 bridgehead atoms. The summed E-state index contributed by atoms with van der Waals surface area (Å²) in [7, 11) is 0. The fourth-order valence-electron chi connectivity index (χ4n) is 4.60. The van der Waals surface area contributed by atoms with Crippen LogP contribution in [-0.4, -0.2) is 83.2 Å². The molecule has 1 aromatic rings. The quantitative estimate of drug-likeness (QED) is 0.0811. The maximum absolute atomic E-state index is 13.2. The third-order valence-corrected chi connectivity index (χ3v) is 7.16. The lowest BCUT2D eigenvalue weighted by Crippen LogP contribution is -2.55. The van der Waals surface area contributed by atoms with Crippen molar-refractivity contribution >= 4 is 47.2 Å². The van der Waals surface area contributed by atoms with Gasteiger partial charge in [-0.15, -0.1) is 0 Å². The Bertz CT molecular complexity index is 1190. The summed E-state index contributed by atoms with van der Waals surface area (Å²) in [4.78, 5) is 86.7. The fraction of sp³-hybridized carbons (Fsp3) is 0.567. The summed E-state index contributed by atoms with van der Waals surface area (Å²) in [5.74, 6) is -2.74. The number of aliphatic hydroxyl groups is 1. The minimum atomic E-state index is -1.01. The molecule has 45 heavy (non-hydrogen) atoms. The van der Waals surface area contributed by atoms with Crippen molar-refractivity contribution in [2.45, 2.75) is 83.9 Å². The number of urea groups is 1. The van der Waals surface area contributed by atoms with Crippen LogP contribution < -0.4 is 32.3 Å². The number of anilines is 1. The predicted molar refractivity (Wildman–Crippen MR) is 164 cm³/mol. The molecule has 1 aromatic carbocycles. The number of hydrogen-bond donors (Lipinski definition) is 7. The van der Waals surface area contributed by atoms with Gasteiger partial charge in [0.25, 0.3) is 0 Å². The molecule has 2 atom stereocenters. The van der Waals surface area contributed by atoms with Crippen LogP contribution in [0.2, 0.25) is 0 Å². The van der Waals surface area contributed by atoms with E-state index in [0.717, 1.165) is 0 Å². The number of nitrogens with two attached hydrogens (primary N) is 1. The Morgan fingerprint density at radius 3 is 2.13 bits per heavy atom. The summed E-state index contributed by atoms with van der Waals surface area (Å²) in [6.07, 6.45) is 2.88. The van der Waals surface area contributed by atoms with Crippen molar-refractivity contribution in [2.75, 3.05) is 25.0 Å². The number of amides is 8. The summed E-state index contributed by atoms with van der Waals surface area (Å²) >= 11 is 0. The normalized spacial score (nSPS) is 14.1. The van der Waals surface area contributed by atoms with Gasteiger partial charge in [-0.25, -0.2) is 4.79 Å². The van der Waals surface area contributed by atoms with E-state index < -0.39 is 35.8 Å². The first-order valence-electron chi connectivity index (χ1n) is 15.1. The standard InChI is InChI=1S/C30H45N7O8/c1-19(2)27(36-24(40)17-33-23(39)8-4-3-5-16-37-25(41)13-14-26(37)42)29(44)35-22(7-6-15-32-30(31)45)28(43)34-21-11-9-20(18-38)10-12-21/h9-12,19,22,27,38H,3-8,13-18H2,1-2H3,(H,33,39)(H,34,43)(H,35,44)(H,36,40)(H3,31,32,45)/t22-,27-/m0/s1. The minimum Gasteiger partial charge on any atom is -0.392 e. The molecule has 0 saturated carbocycles. The largest absolute Gasteiger partial charge is 0.392 e. The molecule has 0 spiro atoms. The van der Waals surface area contributed by atoms with Crippen molar-refractivity contribution in [1.29, 1.82) is 0 Å². The highest BCUT2D eigenvalue weighted by Gasteiger charge is 2.29. The molecule has 15 nitrogen and oxygen atoms in total. The summed E-state index contributed by atoms with van der Waals surface area (Å²) in [6.45, 7) is 3.46. The molecule has 1 saturated heterocycles. The van der Waals surface area contributed by atoms with Crippen molar-refractivity contribution in [3.8, 4) is 0 Å². The van der Waals surface area contributed by atoms with Gasteiger partial charge in [-0.3, -0.25) is 33.7 Å². The van der Waals surface area contributed by atoms with Crippen LogP contribution in [0.5, 0.6) is 0 Å².